The molecule has 2 rings (SSSR count). The third-order valence-corrected chi connectivity index (χ3v) is 3.81. The normalized spacial score (nSPS) is 23.8. The van der Waals surface area contributed by atoms with Crippen molar-refractivity contribution < 1.29 is 4.74 Å². The van der Waals surface area contributed by atoms with Crippen molar-refractivity contribution in [3.05, 3.63) is 18.0 Å². The summed E-state index contributed by atoms with van der Waals surface area (Å²) in [5, 5.41) is 7.95. The highest BCUT2D eigenvalue weighted by molar-refractivity contribution is 5.00. The number of hydrogen-bond donors (Lipinski definition) is 1. The zero-order chi connectivity index (χ0) is 13.0. The maximum Gasteiger partial charge on any atom is 0.0699 e. The molecule has 0 spiro atoms. The Morgan fingerprint density at radius 1 is 1.50 bits per heavy atom. The molecule has 1 N–H and O–H groups in total. The lowest BCUT2D eigenvalue weighted by Crippen LogP contribution is -2.40. The molecule has 0 aromatic carbocycles. The second-order valence-corrected chi connectivity index (χ2v) is 5.42. The molecule has 102 valence electrons. The second kappa shape index (κ2) is 6.34. The molecule has 0 saturated carbocycles. The lowest BCUT2D eigenvalue weighted by atomic mass is 10.1. The van der Waals surface area contributed by atoms with Crippen LogP contribution in [0.2, 0.25) is 0 Å². The Kier molecular flexibility index (Phi) is 4.78. The van der Waals surface area contributed by atoms with Gasteiger partial charge in [0.25, 0.3) is 0 Å². The lowest BCUT2D eigenvalue weighted by Gasteiger charge is -2.27. The second-order valence-electron chi connectivity index (χ2n) is 5.42. The quantitative estimate of drug-likeness (QED) is 0.872. The van der Waals surface area contributed by atoms with E-state index in [1.165, 1.54) is 24.8 Å². The van der Waals surface area contributed by atoms with Gasteiger partial charge in [0.1, 0.15) is 0 Å². The fourth-order valence-electron chi connectivity index (χ4n) is 2.34. The maximum atomic E-state index is 5.73. The van der Waals surface area contributed by atoms with Crippen molar-refractivity contribution in [3.63, 3.8) is 0 Å². The molecule has 0 bridgehead atoms. The number of nitrogens with zero attached hydrogens (tertiary/aromatic N) is 2. The Bertz CT molecular complexity index is 358. The van der Waals surface area contributed by atoms with Gasteiger partial charge in [0.15, 0.2) is 0 Å². The summed E-state index contributed by atoms with van der Waals surface area (Å²) in [5.74, 6) is 0. The van der Waals surface area contributed by atoms with Gasteiger partial charge in [-0.25, -0.2) is 0 Å². The van der Waals surface area contributed by atoms with Gasteiger partial charge in [-0.2, -0.15) is 5.10 Å². The van der Waals surface area contributed by atoms with Gasteiger partial charge >= 0.3 is 0 Å². The Balaban J connectivity index is 1.78. The van der Waals surface area contributed by atoms with Crippen molar-refractivity contribution in [1.82, 2.24) is 15.1 Å². The van der Waals surface area contributed by atoms with Crippen LogP contribution < -0.4 is 5.32 Å². The van der Waals surface area contributed by atoms with Gasteiger partial charge in [-0.1, -0.05) is 0 Å². The van der Waals surface area contributed by atoms with Crippen molar-refractivity contribution in [2.24, 2.45) is 0 Å². The molecule has 1 aromatic heterocycles. The van der Waals surface area contributed by atoms with Gasteiger partial charge in [0, 0.05) is 25.4 Å². The first-order valence-corrected chi connectivity index (χ1v) is 7.02. The van der Waals surface area contributed by atoms with Crippen molar-refractivity contribution in [2.75, 3.05) is 13.2 Å². The summed E-state index contributed by atoms with van der Waals surface area (Å²) >= 11 is 0. The molecule has 3 atom stereocenters. The minimum atomic E-state index is 0.363. The molecule has 18 heavy (non-hydrogen) atoms. The number of hydrogen-bond acceptors (Lipinski definition) is 3. The highest BCUT2D eigenvalue weighted by Crippen LogP contribution is 2.14. The van der Waals surface area contributed by atoms with Crippen LogP contribution in [0.4, 0.5) is 0 Å². The summed E-state index contributed by atoms with van der Waals surface area (Å²) < 4.78 is 7.77. The van der Waals surface area contributed by atoms with Crippen LogP contribution in [-0.4, -0.2) is 35.1 Å². The first kappa shape index (κ1) is 13.6. The lowest BCUT2D eigenvalue weighted by molar-refractivity contribution is 0.0147. The van der Waals surface area contributed by atoms with Crippen LogP contribution in [0.5, 0.6) is 0 Å². The average molecular weight is 251 g/mol. The molecule has 3 unspecified atom stereocenters. The third-order valence-electron chi connectivity index (χ3n) is 3.81. The van der Waals surface area contributed by atoms with E-state index < -0.39 is 0 Å². The third kappa shape index (κ3) is 3.56. The van der Waals surface area contributed by atoms with E-state index in [0.717, 1.165) is 13.2 Å². The van der Waals surface area contributed by atoms with Crippen LogP contribution in [0.25, 0.3) is 0 Å². The molecular formula is C14H25N3O. The molecule has 0 radical (unpaired) electrons. The van der Waals surface area contributed by atoms with Gasteiger partial charge in [-0.15, -0.1) is 0 Å². The number of aromatic nitrogens is 2. The van der Waals surface area contributed by atoms with E-state index in [2.05, 4.69) is 37.4 Å². The van der Waals surface area contributed by atoms with Gasteiger partial charge in [-0.05, 0) is 45.6 Å². The number of aryl methyl sites for hydroxylation is 1. The Morgan fingerprint density at radius 3 is 2.94 bits per heavy atom. The Morgan fingerprint density at radius 2 is 2.33 bits per heavy atom. The summed E-state index contributed by atoms with van der Waals surface area (Å²) in [6.45, 7) is 8.36. The van der Waals surface area contributed by atoms with Gasteiger partial charge in [0.05, 0.1) is 18.3 Å². The summed E-state index contributed by atoms with van der Waals surface area (Å²) in [6, 6.07) is 0.761. The molecule has 1 saturated heterocycles. The van der Waals surface area contributed by atoms with Crippen molar-refractivity contribution >= 4 is 0 Å². The number of rotatable bonds is 5. The van der Waals surface area contributed by atoms with Crippen molar-refractivity contribution in [2.45, 2.75) is 58.2 Å². The molecule has 1 fully saturated rings. The minimum Gasteiger partial charge on any atom is -0.377 e. The summed E-state index contributed by atoms with van der Waals surface area (Å²) in [5.41, 5.74) is 1.21. The maximum absolute atomic E-state index is 5.73. The zero-order valence-corrected chi connectivity index (χ0v) is 11.7. The van der Waals surface area contributed by atoms with E-state index in [4.69, 9.17) is 4.74 Å². The smallest absolute Gasteiger partial charge is 0.0699 e. The molecule has 4 heteroatoms. The Labute approximate surface area is 110 Å². The molecule has 0 aliphatic carbocycles. The molecule has 4 nitrogen and oxygen atoms in total. The minimum absolute atomic E-state index is 0.363. The molecule has 1 aromatic rings. The predicted molar refractivity (Wildman–Crippen MR) is 72.7 cm³/mol. The molecule has 1 aliphatic rings. The van der Waals surface area contributed by atoms with Crippen LogP contribution >= 0.6 is 0 Å². The average Bonchev–Trinajstić information content (AvgIpc) is 2.83. The molecular weight excluding hydrogens is 226 g/mol. The van der Waals surface area contributed by atoms with Crippen LogP contribution in [0.15, 0.2) is 12.4 Å². The summed E-state index contributed by atoms with van der Waals surface area (Å²) in [4.78, 5) is 0. The van der Waals surface area contributed by atoms with E-state index >= 15 is 0 Å². The van der Waals surface area contributed by atoms with E-state index in [9.17, 15) is 0 Å². The topological polar surface area (TPSA) is 39.1 Å². The fraction of sp³-hybridized carbons (Fsp3) is 0.786. The number of ether oxygens (including phenoxy) is 1. The van der Waals surface area contributed by atoms with Gasteiger partial charge in [0.2, 0.25) is 0 Å². The first-order chi connectivity index (χ1) is 8.66. The van der Waals surface area contributed by atoms with Crippen LogP contribution in [-0.2, 0) is 4.74 Å². The zero-order valence-electron chi connectivity index (χ0n) is 11.7. The highest BCUT2D eigenvalue weighted by atomic mass is 16.5. The standard InChI is InChI=1S/C14H25N3O/c1-11-8-16-17(10-11)13(3)12(2)15-9-14-6-4-5-7-18-14/h8,10,12-15H,4-7,9H2,1-3H3. The largest absolute Gasteiger partial charge is 0.377 e. The van der Waals surface area contributed by atoms with Crippen LogP contribution in [0.3, 0.4) is 0 Å². The number of nitrogens with one attached hydrogen (secondary N) is 1. The summed E-state index contributed by atoms with van der Waals surface area (Å²) in [7, 11) is 0. The predicted octanol–water partition coefficient (Wildman–Crippen LogP) is 2.30. The fourth-order valence-corrected chi connectivity index (χ4v) is 2.34. The summed E-state index contributed by atoms with van der Waals surface area (Å²) in [6.07, 6.45) is 8.11. The van der Waals surface area contributed by atoms with E-state index in [1.807, 2.05) is 10.9 Å². The van der Waals surface area contributed by atoms with E-state index in [1.54, 1.807) is 0 Å². The van der Waals surface area contributed by atoms with Crippen molar-refractivity contribution in [1.29, 1.82) is 0 Å². The van der Waals surface area contributed by atoms with Crippen molar-refractivity contribution in [3.8, 4) is 0 Å². The molecule has 0 amide bonds. The highest BCUT2D eigenvalue weighted by Gasteiger charge is 2.18. The Hall–Kier alpha value is -0.870. The molecule has 2 heterocycles. The van der Waals surface area contributed by atoms with Gasteiger partial charge in [-0.3, -0.25) is 4.68 Å². The SMILES string of the molecule is Cc1cnn(C(C)C(C)NCC2CCCCO2)c1. The van der Waals surface area contributed by atoms with Crippen LogP contribution in [0, 0.1) is 6.92 Å². The molecule has 1 aliphatic heterocycles. The van der Waals surface area contributed by atoms with E-state index in [0.29, 0.717) is 18.2 Å². The monoisotopic (exact) mass is 251 g/mol. The van der Waals surface area contributed by atoms with E-state index in [-0.39, 0.29) is 0 Å². The van der Waals surface area contributed by atoms with Crippen LogP contribution in [0.1, 0.15) is 44.7 Å². The van der Waals surface area contributed by atoms with Gasteiger partial charge < -0.3 is 10.1 Å². The first-order valence-electron chi connectivity index (χ1n) is 7.02.